The van der Waals surface area contributed by atoms with Crippen LogP contribution in [0.5, 0.6) is 0 Å². The van der Waals surface area contributed by atoms with E-state index in [1.54, 1.807) is 6.33 Å². The fourth-order valence-electron chi connectivity index (χ4n) is 2.89. The number of likely N-dealkylation sites (tertiary alicyclic amines) is 1. The molecular formula is C15H27N5. The third kappa shape index (κ3) is 3.39. The Bertz CT molecular complexity index is 432. The highest BCUT2D eigenvalue weighted by atomic mass is 15.1. The number of hydrogen-bond acceptors (Lipinski definition) is 5. The minimum atomic E-state index is 0.400. The van der Waals surface area contributed by atoms with Gasteiger partial charge in [0, 0.05) is 25.7 Å². The van der Waals surface area contributed by atoms with Gasteiger partial charge in [-0.25, -0.2) is 9.97 Å². The first-order valence-corrected chi connectivity index (χ1v) is 7.64. The smallest absolute Gasteiger partial charge is 0.134 e. The summed E-state index contributed by atoms with van der Waals surface area (Å²) in [5.74, 6) is 3.04. The second-order valence-corrected chi connectivity index (χ2v) is 5.82. The van der Waals surface area contributed by atoms with Gasteiger partial charge >= 0.3 is 0 Å². The number of hydrogen-bond donors (Lipinski definition) is 2. The van der Waals surface area contributed by atoms with Crippen molar-refractivity contribution in [2.75, 3.05) is 43.9 Å². The van der Waals surface area contributed by atoms with Gasteiger partial charge in [-0.1, -0.05) is 20.8 Å². The summed E-state index contributed by atoms with van der Waals surface area (Å²) in [5, 5.41) is 6.70. The van der Waals surface area contributed by atoms with Gasteiger partial charge in [0.2, 0.25) is 0 Å². The monoisotopic (exact) mass is 277 g/mol. The van der Waals surface area contributed by atoms with E-state index in [9.17, 15) is 0 Å². The molecule has 112 valence electrons. The van der Waals surface area contributed by atoms with Gasteiger partial charge in [0.15, 0.2) is 0 Å². The second-order valence-electron chi connectivity index (χ2n) is 5.82. The van der Waals surface area contributed by atoms with Crippen LogP contribution in [0.2, 0.25) is 0 Å². The van der Waals surface area contributed by atoms with E-state index in [0.717, 1.165) is 30.6 Å². The van der Waals surface area contributed by atoms with E-state index in [1.807, 2.05) is 7.05 Å². The van der Waals surface area contributed by atoms with E-state index in [-0.39, 0.29) is 0 Å². The molecule has 2 rings (SSSR count). The maximum atomic E-state index is 4.43. The quantitative estimate of drug-likeness (QED) is 0.836. The maximum absolute atomic E-state index is 4.43. The predicted molar refractivity (Wildman–Crippen MR) is 84.4 cm³/mol. The predicted octanol–water partition coefficient (Wildman–Crippen LogP) is 2.40. The van der Waals surface area contributed by atoms with E-state index < -0.39 is 0 Å². The summed E-state index contributed by atoms with van der Waals surface area (Å²) in [6, 6.07) is 0. The summed E-state index contributed by atoms with van der Waals surface area (Å²) in [6.45, 7) is 11.2. The van der Waals surface area contributed by atoms with Crippen LogP contribution in [0.25, 0.3) is 0 Å². The summed E-state index contributed by atoms with van der Waals surface area (Å²) in [4.78, 5) is 11.3. The lowest BCUT2D eigenvalue weighted by atomic mass is 10.0. The summed E-state index contributed by atoms with van der Waals surface area (Å²) >= 11 is 0. The van der Waals surface area contributed by atoms with Crippen molar-refractivity contribution in [3.05, 3.63) is 11.9 Å². The lowest BCUT2D eigenvalue weighted by Crippen LogP contribution is -2.23. The normalized spacial score (nSPS) is 19.6. The molecule has 0 saturated carbocycles. The molecule has 0 bridgehead atoms. The third-order valence-corrected chi connectivity index (χ3v) is 4.07. The molecule has 2 N–H and O–H groups in total. The third-order valence-electron chi connectivity index (χ3n) is 4.07. The van der Waals surface area contributed by atoms with Crippen LogP contribution in [0.15, 0.2) is 6.33 Å². The Balaban J connectivity index is 2.02. The molecule has 2 heterocycles. The van der Waals surface area contributed by atoms with E-state index in [1.165, 1.54) is 25.1 Å². The zero-order valence-electron chi connectivity index (χ0n) is 13.1. The summed E-state index contributed by atoms with van der Waals surface area (Å²) in [5.41, 5.74) is 1.18. The lowest BCUT2D eigenvalue weighted by molar-refractivity contribution is 0.345. The molecule has 1 aromatic rings. The molecule has 1 aliphatic rings. The van der Waals surface area contributed by atoms with Crippen LogP contribution in [-0.2, 0) is 0 Å². The Hall–Kier alpha value is -1.36. The van der Waals surface area contributed by atoms with Crippen LogP contribution in [0.4, 0.5) is 11.6 Å². The second kappa shape index (κ2) is 6.88. The van der Waals surface area contributed by atoms with E-state index in [0.29, 0.717) is 5.92 Å². The lowest BCUT2D eigenvalue weighted by Gasteiger charge is -2.18. The maximum Gasteiger partial charge on any atom is 0.134 e. The van der Waals surface area contributed by atoms with Crippen molar-refractivity contribution >= 4 is 11.6 Å². The summed E-state index contributed by atoms with van der Waals surface area (Å²) in [6.07, 6.45) is 2.91. The Morgan fingerprint density at radius 1 is 1.35 bits per heavy atom. The molecule has 0 radical (unpaired) electrons. The molecule has 1 aliphatic heterocycles. The van der Waals surface area contributed by atoms with E-state index in [2.05, 4.69) is 46.3 Å². The molecule has 0 aromatic carbocycles. The van der Waals surface area contributed by atoms with Crippen molar-refractivity contribution in [1.29, 1.82) is 0 Å². The summed E-state index contributed by atoms with van der Waals surface area (Å²) in [7, 11) is 1.91. The molecular weight excluding hydrogens is 250 g/mol. The van der Waals surface area contributed by atoms with Crippen LogP contribution in [0, 0.1) is 5.92 Å². The minimum absolute atomic E-state index is 0.400. The van der Waals surface area contributed by atoms with Gasteiger partial charge in [-0.2, -0.15) is 0 Å². The Morgan fingerprint density at radius 3 is 2.70 bits per heavy atom. The van der Waals surface area contributed by atoms with Gasteiger partial charge in [-0.3, -0.25) is 0 Å². The van der Waals surface area contributed by atoms with Crippen LogP contribution in [0.3, 0.4) is 0 Å². The van der Waals surface area contributed by atoms with Crippen LogP contribution in [0.1, 0.15) is 38.7 Å². The van der Waals surface area contributed by atoms with E-state index in [4.69, 9.17) is 0 Å². The number of nitrogens with one attached hydrogen (secondary N) is 2. The number of aromatic nitrogens is 2. The van der Waals surface area contributed by atoms with Crippen molar-refractivity contribution < 1.29 is 0 Å². The molecule has 1 fully saturated rings. The standard InChI is InChI=1S/C15H27N5/c1-5-20-7-6-12(9-20)8-17-15-13(11(2)3)14(16-4)18-10-19-15/h10-12H,5-9H2,1-4H3,(H2,16,17,18,19). The fourth-order valence-corrected chi connectivity index (χ4v) is 2.89. The van der Waals surface area contributed by atoms with Crippen molar-refractivity contribution in [2.45, 2.75) is 33.1 Å². The summed E-state index contributed by atoms with van der Waals surface area (Å²) < 4.78 is 0. The van der Waals surface area contributed by atoms with Crippen LogP contribution >= 0.6 is 0 Å². The van der Waals surface area contributed by atoms with Crippen LogP contribution in [-0.4, -0.2) is 48.1 Å². The molecule has 5 nitrogen and oxygen atoms in total. The largest absolute Gasteiger partial charge is 0.373 e. The molecule has 20 heavy (non-hydrogen) atoms. The number of anilines is 2. The first kappa shape index (κ1) is 15.0. The highest BCUT2D eigenvalue weighted by molar-refractivity contribution is 5.58. The molecule has 0 aliphatic carbocycles. The first-order chi connectivity index (χ1) is 9.65. The van der Waals surface area contributed by atoms with Gasteiger partial charge in [0.1, 0.15) is 18.0 Å². The molecule has 1 saturated heterocycles. The van der Waals surface area contributed by atoms with Crippen LogP contribution < -0.4 is 10.6 Å². The van der Waals surface area contributed by atoms with Crippen molar-refractivity contribution in [3.8, 4) is 0 Å². The van der Waals surface area contributed by atoms with Crippen molar-refractivity contribution in [1.82, 2.24) is 14.9 Å². The zero-order chi connectivity index (χ0) is 14.5. The van der Waals surface area contributed by atoms with E-state index >= 15 is 0 Å². The SMILES string of the molecule is CCN1CCC(CNc2ncnc(NC)c2C(C)C)C1. The molecule has 1 aromatic heterocycles. The van der Waals surface area contributed by atoms with Gasteiger partial charge in [-0.15, -0.1) is 0 Å². The molecule has 0 spiro atoms. The highest BCUT2D eigenvalue weighted by Gasteiger charge is 2.22. The molecule has 1 atom stereocenters. The van der Waals surface area contributed by atoms with Gasteiger partial charge in [0.25, 0.3) is 0 Å². The van der Waals surface area contributed by atoms with Gasteiger partial charge in [-0.05, 0) is 31.3 Å². The van der Waals surface area contributed by atoms with Crippen molar-refractivity contribution in [3.63, 3.8) is 0 Å². The molecule has 0 amide bonds. The highest BCUT2D eigenvalue weighted by Crippen LogP contribution is 2.28. The average Bonchev–Trinajstić information content (AvgIpc) is 2.92. The number of rotatable bonds is 6. The molecule has 5 heteroatoms. The Labute approximate surface area is 122 Å². The Morgan fingerprint density at radius 2 is 2.10 bits per heavy atom. The zero-order valence-corrected chi connectivity index (χ0v) is 13.1. The Kier molecular flexibility index (Phi) is 5.17. The van der Waals surface area contributed by atoms with Crippen molar-refractivity contribution in [2.24, 2.45) is 5.92 Å². The first-order valence-electron chi connectivity index (χ1n) is 7.64. The fraction of sp³-hybridized carbons (Fsp3) is 0.733. The topological polar surface area (TPSA) is 53.1 Å². The minimum Gasteiger partial charge on any atom is -0.373 e. The van der Waals surface area contributed by atoms with Gasteiger partial charge in [0.05, 0.1) is 0 Å². The average molecular weight is 277 g/mol. The molecule has 1 unspecified atom stereocenters. The van der Waals surface area contributed by atoms with Gasteiger partial charge < -0.3 is 15.5 Å². The number of nitrogens with zero attached hydrogens (tertiary/aromatic N) is 3.